The first-order chi connectivity index (χ1) is 2.81. The Hall–Kier alpha value is 0.220. The summed E-state index contributed by atoms with van der Waals surface area (Å²) in [6.45, 7) is 3.98. The predicted octanol–water partition coefficient (Wildman–Crippen LogP) is 2.50. The lowest BCUT2D eigenvalue weighted by Crippen LogP contribution is -1.58. The van der Waals surface area contributed by atoms with Crippen LogP contribution in [0.4, 0.5) is 0 Å². The van der Waals surface area contributed by atoms with Crippen LogP contribution in [0.25, 0.3) is 0 Å². The maximum absolute atomic E-state index is 3.28. The molecule has 0 spiro atoms. The first-order valence-corrected chi connectivity index (χ1v) is 2.79. The standard InChI is InChI=1S/C5H8Br/c1-3-5(6)4-2/h3H2,1-2H3. The van der Waals surface area contributed by atoms with E-state index >= 15 is 0 Å². The van der Waals surface area contributed by atoms with E-state index in [1.807, 2.05) is 6.92 Å². The zero-order valence-electron chi connectivity index (χ0n) is 4.09. The van der Waals surface area contributed by atoms with E-state index in [1.165, 1.54) is 0 Å². The van der Waals surface area contributed by atoms with Crippen LogP contribution in [0.3, 0.4) is 0 Å². The largest absolute Gasteiger partial charge is 0.0608 e. The molecule has 0 heterocycles. The molecule has 0 aliphatic carbocycles. The molecule has 0 atom stereocenters. The Morgan fingerprint density at radius 3 is 2.33 bits per heavy atom. The second-order valence-corrected chi connectivity index (χ2v) is 1.97. The molecule has 35 valence electrons. The van der Waals surface area contributed by atoms with Crippen molar-refractivity contribution in [3.8, 4) is 0 Å². The van der Waals surface area contributed by atoms with Crippen molar-refractivity contribution < 1.29 is 0 Å². The molecular weight excluding hydrogens is 140 g/mol. The summed E-state index contributed by atoms with van der Waals surface area (Å²) in [7, 11) is 0. The van der Waals surface area contributed by atoms with Gasteiger partial charge >= 0.3 is 0 Å². The minimum absolute atomic E-state index is 1.05. The Kier molecular flexibility index (Phi) is 3.54. The van der Waals surface area contributed by atoms with Gasteiger partial charge in [0, 0.05) is 0 Å². The summed E-state index contributed by atoms with van der Waals surface area (Å²) in [5.74, 6) is 0. The molecule has 0 amide bonds. The highest BCUT2D eigenvalue weighted by molar-refractivity contribution is 9.11. The summed E-state index contributed by atoms with van der Waals surface area (Å²) in [5.41, 5.74) is 0. The minimum atomic E-state index is 1.05. The Balaban J connectivity index is 3.22. The van der Waals surface area contributed by atoms with Crippen LogP contribution >= 0.6 is 15.9 Å². The molecule has 0 bridgehead atoms. The van der Waals surface area contributed by atoms with Gasteiger partial charge in [0.25, 0.3) is 0 Å². The van der Waals surface area contributed by atoms with E-state index in [0.29, 0.717) is 0 Å². The van der Waals surface area contributed by atoms with E-state index < -0.39 is 0 Å². The minimum Gasteiger partial charge on any atom is -0.0608 e. The number of rotatable bonds is 1. The van der Waals surface area contributed by atoms with Crippen molar-refractivity contribution in [3.05, 3.63) is 10.6 Å². The van der Waals surface area contributed by atoms with Gasteiger partial charge in [-0.2, -0.15) is 0 Å². The highest BCUT2D eigenvalue weighted by Crippen LogP contribution is 2.05. The molecule has 0 aromatic carbocycles. The average Bonchev–Trinajstić information content (AvgIpc) is 1.65. The fourth-order valence-electron chi connectivity index (χ4n) is 0.177. The second-order valence-electron chi connectivity index (χ2n) is 1.01. The molecule has 0 aliphatic rings. The summed E-state index contributed by atoms with van der Waals surface area (Å²) >= 11 is 3.28. The molecular formula is C5H8Br. The summed E-state index contributed by atoms with van der Waals surface area (Å²) in [4.78, 5) is 0. The SMILES string of the molecule is C/[C]=C(\Br)CC. The number of halogens is 1. The van der Waals surface area contributed by atoms with Crippen LogP contribution in [0.2, 0.25) is 0 Å². The molecule has 0 aromatic heterocycles. The first kappa shape index (κ1) is 6.22. The molecule has 0 saturated carbocycles. The van der Waals surface area contributed by atoms with Gasteiger partial charge in [-0.25, -0.2) is 0 Å². The highest BCUT2D eigenvalue weighted by Gasteiger charge is 1.76. The van der Waals surface area contributed by atoms with E-state index in [-0.39, 0.29) is 0 Å². The van der Waals surface area contributed by atoms with Crippen LogP contribution in [0.1, 0.15) is 20.3 Å². The van der Waals surface area contributed by atoms with E-state index in [2.05, 4.69) is 28.9 Å². The van der Waals surface area contributed by atoms with Crippen LogP contribution in [0, 0.1) is 6.08 Å². The van der Waals surface area contributed by atoms with Gasteiger partial charge in [-0.15, -0.1) is 0 Å². The van der Waals surface area contributed by atoms with Gasteiger partial charge in [-0.1, -0.05) is 22.9 Å². The lowest BCUT2D eigenvalue weighted by atomic mass is 10.4. The number of allylic oxidation sites excluding steroid dienone is 2. The van der Waals surface area contributed by atoms with Crippen LogP contribution in [-0.4, -0.2) is 0 Å². The van der Waals surface area contributed by atoms with Gasteiger partial charge in [0.2, 0.25) is 0 Å². The van der Waals surface area contributed by atoms with E-state index in [4.69, 9.17) is 0 Å². The van der Waals surface area contributed by atoms with Crippen LogP contribution in [0.5, 0.6) is 0 Å². The van der Waals surface area contributed by atoms with Crippen LogP contribution < -0.4 is 0 Å². The molecule has 0 N–H and O–H groups in total. The number of hydrogen-bond acceptors (Lipinski definition) is 0. The molecule has 1 heteroatoms. The van der Waals surface area contributed by atoms with Gasteiger partial charge in [0.05, 0.1) is 0 Å². The Morgan fingerprint density at radius 2 is 2.33 bits per heavy atom. The summed E-state index contributed by atoms with van der Waals surface area (Å²) in [6.07, 6.45) is 4.00. The zero-order chi connectivity index (χ0) is 4.99. The quantitative estimate of drug-likeness (QED) is 0.535. The first-order valence-electron chi connectivity index (χ1n) is 2.00. The third-order valence-corrected chi connectivity index (χ3v) is 1.54. The molecule has 0 aliphatic heterocycles. The topological polar surface area (TPSA) is 0 Å². The lowest BCUT2D eigenvalue weighted by molar-refractivity contribution is 1.19. The van der Waals surface area contributed by atoms with Gasteiger partial charge in [0.15, 0.2) is 0 Å². The van der Waals surface area contributed by atoms with Crippen molar-refractivity contribution in [3.63, 3.8) is 0 Å². The Morgan fingerprint density at radius 1 is 1.83 bits per heavy atom. The molecule has 0 saturated heterocycles. The van der Waals surface area contributed by atoms with Crippen molar-refractivity contribution in [2.75, 3.05) is 0 Å². The van der Waals surface area contributed by atoms with Gasteiger partial charge in [0.1, 0.15) is 0 Å². The van der Waals surface area contributed by atoms with Crippen molar-refractivity contribution >= 4 is 15.9 Å². The van der Waals surface area contributed by atoms with Crippen molar-refractivity contribution in [2.45, 2.75) is 20.3 Å². The number of hydrogen-bond donors (Lipinski definition) is 0. The fraction of sp³-hybridized carbons (Fsp3) is 0.600. The molecule has 0 unspecified atom stereocenters. The van der Waals surface area contributed by atoms with Gasteiger partial charge < -0.3 is 0 Å². The third-order valence-electron chi connectivity index (χ3n) is 0.582. The maximum atomic E-state index is 3.28. The van der Waals surface area contributed by atoms with E-state index in [1.54, 1.807) is 0 Å². The van der Waals surface area contributed by atoms with Crippen LogP contribution in [0.15, 0.2) is 4.48 Å². The molecule has 1 radical (unpaired) electrons. The molecule has 0 rings (SSSR count). The van der Waals surface area contributed by atoms with Crippen molar-refractivity contribution in [2.24, 2.45) is 0 Å². The van der Waals surface area contributed by atoms with Crippen LogP contribution in [-0.2, 0) is 0 Å². The molecule has 0 aromatic rings. The zero-order valence-corrected chi connectivity index (χ0v) is 5.67. The summed E-state index contributed by atoms with van der Waals surface area (Å²) < 4.78 is 1.16. The molecule has 6 heavy (non-hydrogen) atoms. The highest BCUT2D eigenvalue weighted by atomic mass is 79.9. The third kappa shape index (κ3) is 2.46. The fourth-order valence-corrected chi connectivity index (χ4v) is 0.177. The summed E-state index contributed by atoms with van der Waals surface area (Å²) in [5, 5.41) is 0. The second kappa shape index (κ2) is 3.41. The van der Waals surface area contributed by atoms with Gasteiger partial charge in [-0.05, 0) is 23.9 Å². The maximum Gasteiger partial charge on any atom is -0.00200 e. The Labute approximate surface area is 47.4 Å². The lowest BCUT2D eigenvalue weighted by Gasteiger charge is -1.81. The normalized spacial score (nSPS) is 12.2. The summed E-state index contributed by atoms with van der Waals surface area (Å²) in [6, 6.07) is 0. The van der Waals surface area contributed by atoms with Crippen molar-refractivity contribution in [1.29, 1.82) is 0 Å². The van der Waals surface area contributed by atoms with E-state index in [0.717, 1.165) is 10.9 Å². The van der Waals surface area contributed by atoms with Gasteiger partial charge in [-0.3, -0.25) is 0 Å². The monoisotopic (exact) mass is 147 g/mol. The average molecular weight is 148 g/mol. The Bertz CT molecular complexity index is 55.0. The predicted molar refractivity (Wildman–Crippen MR) is 31.6 cm³/mol. The molecule has 0 nitrogen and oxygen atoms in total. The van der Waals surface area contributed by atoms with E-state index in [9.17, 15) is 0 Å². The smallest absolute Gasteiger partial charge is 0.00200 e. The van der Waals surface area contributed by atoms with Crippen molar-refractivity contribution in [1.82, 2.24) is 0 Å². The molecule has 0 fully saturated rings.